The number of nitrogens with one attached hydrogen (secondary N) is 1. The van der Waals surface area contributed by atoms with Crippen LogP contribution in [0.25, 0.3) is 0 Å². The van der Waals surface area contributed by atoms with Gasteiger partial charge >= 0.3 is 5.97 Å². The summed E-state index contributed by atoms with van der Waals surface area (Å²) in [5.41, 5.74) is 2.13. The van der Waals surface area contributed by atoms with Crippen molar-refractivity contribution in [1.29, 1.82) is 0 Å². The molecule has 0 unspecified atom stereocenters. The van der Waals surface area contributed by atoms with Gasteiger partial charge in [0.25, 0.3) is 5.91 Å². The predicted octanol–water partition coefficient (Wildman–Crippen LogP) is 4.23. The van der Waals surface area contributed by atoms with Gasteiger partial charge in [-0.05, 0) is 63.1 Å². The molecule has 0 fully saturated rings. The number of aryl methyl sites for hydroxylation is 1. The van der Waals surface area contributed by atoms with Gasteiger partial charge in [-0.2, -0.15) is 0 Å². The molecule has 0 saturated heterocycles. The van der Waals surface area contributed by atoms with Crippen LogP contribution in [0, 0.1) is 0 Å². The quantitative estimate of drug-likeness (QED) is 0.654. The van der Waals surface area contributed by atoms with Gasteiger partial charge in [0.2, 0.25) is 0 Å². The second kappa shape index (κ2) is 10.3. The summed E-state index contributed by atoms with van der Waals surface area (Å²) in [5, 5.41) is 2.75. The number of carbonyl (C=O) groups is 2. The van der Waals surface area contributed by atoms with E-state index in [2.05, 4.69) is 12.2 Å². The zero-order valence-electron chi connectivity index (χ0n) is 16.8. The van der Waals surface area contributed by atoms with Crippen LogP contribution in [0.4, 0.5) is 5.69 Å². The first-order chi connectivity index (χ1) is 13.5. The van der Waals surface area contributed by atoms with Crippen molar-refractivity contribution in [3.63, 3.8) is 0 Å². The molecular weight excluding hydrogens is 358 g/mol. The molecule has 0 bridgehead atoms. The van der Waals surface area contributed by atoms with E-state index in [1.54, 1.807) is 18.2 Å². The third kappa shape index (κ3) is 5.74. The molecule has 1 amide bonds. The first-order valence-electron chi connectivity index (χ1n) is 9.48. The van der Waals surface area contributed by atoms with Crippen LogP contribution < -0.4 is 14.8 Å². The summed E-state index contributed by atoms with van der Waals surface area (Å²) >= 11 is 0. The minimum Gasteiger partial charge on any atom is -0.490 e. The Balaban J connectivity index is 2.02. The summed E-state index contributed by atoms with van der Waals surface area (Å²) in [7, 11) is 0. The molecule has 2 aromatic rings. The van der Waals surface area contributed by atoms with Crippen molar-refractivity contribution in [2.24, 2.45) is 0 Å². The molecule has 0 aliphatic heterocycles. The van der Waals surface area contributed by atoms with Gasteiger partial charge in [-0.3, -0.25) is 4.79 Å². The Hall–Kier alpha value is -3.02. The Kier molecular flexibility index (Phi) is 7.87. The topological polar surface area (TPSA) is 73.9 Å². The molecular formula is C22H27NO5. The van der Waals surface area contributed by atoms with Gasteiger partial charge in [-0.1, -0.05) is 19.1 Å². The first-order valence-corrected chi connectivity index (χ1v) is 9.48. The second-order valence-electron chi connectivity index (χ2n) is 6.11. The van der Waals surface area contributed by atoms with E-state index in [1.807, 2.05) is 38.1 Å². The fraction of sp³-hybridized carbons (Fsp3) is 0.364. The van der Waals surface area contributed by atoms with E-state index in [9.17, 15) is 9.59 Å². The highest BCUT2D eigenvalue weighted by atomic mass is 16.5. The van der Waals surface area contributed by atoms with Crippen LogP contribution in [-0.4, -0.2) is 31.2 Å². The molecule has 2 aromatic carbocycles. The number of hydrogen-bond acceptors (Lipinski definition) is 5. The SMILES string of the molecule is CCOc1ccc(C(=O)O[C@@H](C)C(=O)Nc2ccc(CC)cc2)cc1OCC. The highest BCUT2D eigenvalue weighted by Gasteiger charge is 2.20. The van der Waals surface area contributed by atoms with Gasteiger partial charge in [-0.15, -0.1) is 0 Å². The zero-order chi connectivity index (χ0) is 20.5. The van der Waals surface area contributed by atoms with Gasteiger partial charge < -0.3 is 19.5 Å². The van der Waals surface area contributed by atoms with Crippen molar-refractivity contribution < 1.29 is 23.8 Å². The van der Waals surface area contributed by atoms with Crippen LogP contribution in [-0.2, 0) is 16.0 Å². The van der Waals surface area contributed by atoms with E-state index < -0.39 is 18.0 Å². The Morgan fingerprint density at radius 2 is 1.57 bits per heavy atom. The van der Waals surface area contributed by atoms with Gasteiger partial charge in [0, 0.05) is 5.69 Å². The largest absolute Gasteiger partial charge is 0.490 e. The maximum Gasteiger partial charge on any atom is 0.339 e. The fourth-order valence-electron chi connectivity index (χ4n) is 2.53. The zero-order valence-corrected chi connectivity index (χ0v) is 16.8. The van der Waals surface area contributed by atoms with Crippen molar-refractivity contribution >= 4 is 17.6 Å². The Morgan fingerprint density at radius 3 is 2.18 bits per heavy atom. The molecule has 0 aliphatic carbocycles. The number of rotatable bonds is 9. The highest BCUT2D eigenvalue weighted by Crippen LogP contribution is 2.29. The van der Waals surface area contributed by atoms with Crippen molar-refractivity contribution in [2.75, 3.05) is 18.5 Å². The predicted molar refractivity (Wildman–Crippen MR) is 108 cm³/mol. The van der Waals surface area contributed by atoms with Crippen LogP contribution >= 0.6 is 0 Å². The van der Waals surface area contributed by atoms with E-state index in [-0.39, 0.29) is 0 Å². The molecule has 0 radical (unpaired) electrons. The van der Waals surface area contributed by atoms with Crippen LogP contribution in [0.2, 0.25) is 0 Å². The normalized spacial score (nSPS) is 11.4. The number of anilines is 1. The van der Waals surface area contributed by atoms with Gasteiger partial charge in [0.15, 0.2) is 17.6 Å². The molecule has 1 N–H and O–H groups in total. The second-order valence-corrected chi connectivity index (χ2v) is 6.11. The van der Waals surface area contributed by atoms with Crippen LogP contribution in [0.1, 0.15) is 43.6 Å². The molecule has 6 nitrogen and oxygen atoms in total. The Bertz CT molecular complexity index is 801. The van der Waals surface area contributed by atoms with Crippen molar-refractivity contribution in [3.05, 3.63) is 53.6 Å². The van der Waals surface area contributed by atoms with E-state index >= 15 is 0 Å². The molecule has 150 valence electrons. The minimum atomic E-state index is -0.944. The average molecular weight is 385 g/mol. The van der Waals surface area contributed by atoms with Crippen molar-refractivity contribution in [3.8, 4) is 11.5 Å². The number of amides is 1. The summed E-state index contributed by atoms with van der Waals surface area (Å²) < 4.78 is 16.3. The lowest BCUT2D eigenvalue weighted by Crippen LogP contribution is -2.30. The van der Waals surface area contributed by atoms with Crippen LogP contribution in [0.3, 0.4) is 0 Å². The maximum atomic E-state index is 12.4. The van der Waals surface area contributed by atoms with Crippen LogP contribution in [0.5, 0.6) is 11.5 Å². The number of ether oxygens (including phenoxy) is 3. The number of hydrogen-bond donors (Lipinski definition) is 1. The smallest absolute Gasteiger partial charge is 0.339 e. The Morgan fingerprint density at radius 1 is 0.929 bits per heavy atom. The lowest BCUT2D eigenvalue weighted by molar-refractivity contribution is -0.123. The summed E-state index contributed by atoms with van der Waals surface area (Å²) in [6, 6.07) is 12.3. The van der Waals surface area contributed by atoms with Gasteiger partial charge in [0.05, 0.1) is 18.8 Å². The molecule has 0 aliphatic rings. The standard InChI is InChI=1S/C22H27NO5/c1-5-16-8-11-18(12-9-16)23-21(24)15(4)28-22(25)17-10-13-19(26-6-2)20(14-17)27-7-3/h8-15H,5-7H2,1-4H3,(H,23,24)/t15-/m0/s1. The van der Waals surface area contributed by atoms with Crippen LogP contribution in [0.15, 0.2) is 42.5 Å². The van der Waals surface area contributed by atoms with Gasteiger partial charge in [-0.25, -0.2) is 4.79 Å². The first kappa shape index (κ1) is 21.3. The van der Waals surface area contributed by atoms with E-state index in [4.69, 9.17) is 14.2 Å². The molecule has 0 spiro atoms. The third-order valence-electron chi connectivity index (χ3n) is 4.06. The van der Waals surface area contributed by atoms with E-state index in [0.29, 0.717) is 36.0 Å². The number of benzene rings is 2. The highest BCUT2D eigenvalue weighted by molar-refractivity contribution is 5.97. The average Bonchev–Trinajstić information content (AvgIpc) is 2.70. The molecule has 28 heavy (non-hydrogen) atoms. The maximum absolute atomic E-state index is 12.4. The summed E-state index contributed by atoms with van der Waals surface area (Å²) in [6.07, 6.45) is -0.0194. The summed E-state index contributed by atoms with van der Waals surface area (Å²) in [6.45, 7) is 8.24. The summed E-state index contributed by atoms with van der Waals surface area (Å²) in [5.74, 6) is 0.0238. The molecule has 6 heteroatoms. The number of carbonyl (C=O) groups excluding carboxylic acids is 2. The fourth-order valence-corrected chi connectivity index (χ4v) is 2.53. The lowest BCUT2D eigenvalue weighted by Gasteiger charge is -2.15. The van der Waals surface area contributed by atoms with E-state index in [0.717, 1.165) is 6.42 Å². The minimum absolute atomic E-state index is 0.291. The lowest BCUT2D eigenvalue weighted by atomic mass is 10.1. The molecule has 2 rings (SSSR count). The molecule has 1 atom stereocenters. The molecule has 0 aromatic heterocycles. The van der Waals surface area contributed by atoms with Gasteiger partial charge in [0.1, 0.15) is 0 Å². The van der Waals surface area contributed by atoms with Crippen molar-refractivity contribution in [1.82, 2.24) is 0 Å². The molecule has 0 heterocycles. The Labute approximate surface area is 165 Å². The van der Waals surface area contributed by atoms with E-state index in [1.165, 1.54) is 12.5 Å². The number of esters is 1. The van der Waals surface area contributed by atoms with Crippen molar-refractivity contribution in [2.45, 2.75) is 40.2 Å². The monoisotopic (exact) mass is 385 g/mol. The summed E-state index contributed by atoms with van der Waals surface area (Å²) in [4.78, 5) is 24.7. The third-order valence-corrected chi connectivity index (χ3v) is 4.06. The molecule has 0 saturated carbocycles.